The lowest BCUT2D eigenvalue weighted by molar-refractivity contribution is 0.884. The molecule has 0 radical (unpaired) electrons. The van der Waals surface area contributed by atoms with E-state index in [2.05, 4.69) is 50.7 Å². The van der Waals surface area contributed by atoms with Crippen LogP contribution < -0.4 is 0 Å². The van der Waals surface area contributed by atoms with Gasteiger partial charge in [-0.1, -0.05) is 30.3 Å². The third-order valence-electron chi connectivity index (χ3n) is 3.81. The van der Waals surface area contributed by atoms with E-state index in [1.807, 2.05) is 24.5 Å². The Kier molecular flexibility index (Phi) is 2.85. The van der Waals surface area contributed by atoms with Crippen molar-refractivity contribution in [2.75, 3.05) is 0 Å². The van der Waals surface area contributed by atoms with Gasteiger partial charge in [0.15, 0.2) is 0 Å². The highest BCUT2D eigenvalue weighted by molar-refractivity contribution is 6.05. The van der Waals surface area contributed by atoms with Crippen LogP contribution >= 0.6 is 0 Å². The van der Waals surface area contributed by atoms with Crippen LogP contribution in [0.25, 0.3) is 21.8 Å². The zero-order chi connectivity index (χ0) is 14.1. The molecule has 4 nitrogen and oxygen atoms in total. The van der Waals surface area contributed by atoms with Gasteiger partial charge in [0.05, 0.1) is 17.2 Å². The van der Waals surface area contributed by atoms with Gasteiger partial charge in [-0.05, 0) is 36.1 Å². The van der Waals surface area contributed by atoms with E-state index in [9.17, 15) is 0 Å². The lowest BCUT2D eigenvalue weighted by Gasteiger charge is -2.06. The monoisotopic (exact) mass is 274 g/mol. The highest BCUT2D eigenvalue weighted by Gasteiger charge is 2.09. The minimum absolute atomic E-state index is 0.951. The summed E-state index contributed by atoms with van der Waals surface area (Å²) in [5.41, 5.74) is 4.51. The van der Waals surface area contributed by atoms with Crippen LogP contribution in [0.5, 0.6) is 0 Å². The molecule has 21 heavy (non-hydrogen) atoms. The number of H-pyrrole nitrogens is 1. The SMILES string of the molecule is c1ccc(CCc2cc3ccnc3c3cn[nH]nc23)cc1. The summed E-state index contributed by atoms with van der Waals surface area (Å²) < 4.78 is 0. The number of nitrogens with zero attached hydrogens (tertiary/aromatic N) is 3. The third-order valence-corrected chi connectivity index (χ3v) is 3.81. The number of aromatic amines is 1. The van der Waals surface area contributed by atoms with Gasteiger partial charge in [-0.15, -0.1) is 0 Å². The van der Waals surface area contributed by atoms with Crippen molar-refractivity contribution in [2.45, 2.75) is 12.8 Å². The van der Waals surface area contributed by atoms with E-state index in [-0.39, 0.29) is 0 Å². The Balaban J connectivity index is 1.79. The summed E-state index contributed by atoms with van der Waals surface area (Å²) in [6.45, 7) is 0. The summed E-state index contributed by atoms with van der Waals surface area (Å²) in [5, 5.41) is 13.2. The zero-order valence-electron chi connectivity index (χ0n) is 11.5. The Morgan fingerprint density at radius 1 is 0.952 bits per heavy atom. The molecule has 0 atom stereocenters. The second kappa shape index (κ2) is 4.98. The number of fused-ring (bicyclic) bond motifs is 3. The van der Waals surface area contributed by atoms with E-state index in [0.29, 0.717) is 0 Å². The molecule has 2 heterocycles. The zero-order valence-corrected chi connectivity index (χ0v) is 11.5. The fraction of sp³-hybridized carbons (Fsp3) is 0.118. The summed E-state index contributed by atoms with van der Waals surface area (Å²) in [5.74, 6) is 0. The summed E-state index contributed by atoms with van der Waals surface area (Å²) in [6, 6.07) is 14.7. The Bertz CT molecular complexity index is 896. The van der Waals surface area contributed by atoms with Crippen molar-refractivity contribution in [1.82, 2.24) is 20.4 Å². The van der Waals surface area contributed by atoms with Gasteiger partial charge >= 0.3 is 0 Å². The van der Waals surface area contributed by atoms with Crippen molar-refractivity contribution in [2.24, 2.45) is 0 Å². The smallest absolute Gasteiger partial charge is 0.0992 e. The average molecular weight is 274 g/mol. The maximum absolute atomic E-state index is 4.41. The van der Waals surface area contributed by atoms with Crippen LogP contribution in [0.3, 0.4) is 0 Å². The number of aromatic nitrogens is 4. The molecule has 4 aromatic rings. The van der Waals surface area contributed by atoms with Gasteiger partial charge in [0.25, 0.3) is 0 Å². The number of nitrogens with one attached hydrogen (secondary N) is 1. The van der Waals surface area contributed by atoms with Gasteiger partial charge in [0.2, 0.25) is 0 Å². The van der Waals surface area contributed by atoms with E-state index < -0.39 is 0 Å². The predicted octanol–water partition coefficient (Wildman–Crippen LogP) is 3.29. The quantitative estimate of drug-likeness (QED) is 0.623. The number of rotatable bonds is 3. The van der Waals surface area contributed by atoms with Crippen LogP contribution in [-0.2, 0) is 12.8 Å². The molecular formula is C17H14N4. The van der Waals surface area contributed by atoms with Crippen LogP contribution in [0.4, 0.5) is 0 Å². The summed E-state index contributed by atoms with van der Waals surface area (Å²) in [4.78, 5) is 4.41. The Hall–Kier alpha value is -2.75. The standard InChI is InChI=1S/C17H14N4/c1-2-4-12(5-3-1)6-7-13-10-14-8-9-18-16(14)15-11-19-21-20-17(13)15/h1-5,8-11,21H,6-7H2. The summed E-state index contributed by atoms with van der Waals surface area (Å²) >= 11 is 0. The first-order valence-electron chi connectivity index (χ1n) is 7.02. The van der Waals surface area contributed by atoms with E-state index >= 15 is 0 Å². The first-order valence-corrected chi connectivity index (χ1v) is 7.02. The third kappa shape index (κ3) is 2.14. The van der Waals surface area contributed by atoms with E-state index in [1.165, 1.54) is 11.1 Å². The molecule has 0 aliphatic carbocycles. The molecule has 0 amide bonds. The maximum atomic E-state index is 4.41. The normalized spacial score (nSPS) is 11.2. The number of hydrogen-bond acceptors (Lipinski definition) is 3. The highest BCUT2D eigenvalue weighted by Crippen LogP contribution is 2.26. The maximum Gasteiger partial charge on any atom is 0.0992 e. The van der Waals surface area contributed by atoms with Crippen molar-refractivity contribution >= 4 is 21.8 Å². The van der Waals surface area contributed by atoms with Crippen LogP contribution in [0.1, 0.15) is 11.1 Å². The van der Waals surface area contributed by atoms with Crippen molar-refractivity contribution in [3.8, 4) is 0 Å². The van der Waals surface area contributed by atoms with Crippen molar-refractivity contribution in [3.05, 3.63) is 66.0 Å². The molecule has 0 saturated heterocycles. The number of hydrogen-bond donors (Lipinski definition) is 1. The average Bonchev–Trinajstić information content (AvgIpc) is 3.02. The van der Waals surface area contributed by atoms with Crippen LogP contribution in [0.2, 0.25) is 0 Å². The van der Waals surface area contributed by atoms with Gasteiger partial charge in [-0.3, -0.25) is 4.98 Å². The van der Waals surface area contributed by atoms with Crippen molar-refractivity contribution in [1.29, 1.82) is 0 Å². The summed E-state index contributed by atoms with van der Waals surface area (Å²) in [7, 11) is 0. The molecule has 4 heteroatoms. The Labute approximate surface area is 121 Å². The molecular weight excluding hydrogens is 260 g/mol. The predicted molar refractivity (Wildman–Crippen MR) is 83.0 cm³/mol. The number of benzene rings is 2. The first kappa shape index (κ1) is 12.0. The second-order valence-corrected chi connectivity index (χ2v) is 5.14. The second-order valence-electron chi connectivity index (χ2n) is 5.14. The van der Waals surface area contributed by atoms with E-state index in [0.717, 1.165) is 34.6 Å². The van der Waals surface area contributed by atoms with E-state index in [1.54, 1.807) is 0 Å². The Morgan fingerprint density at radius 3 is 2.76 bits per heavy atom. The summed E-state index contributed by atoms with van der Waals surface area (Å²) in [6.07, 6.45) is 5.59. The molecule has 0 bridgehead atoms. The largest absolute Gasteiger partial charge is 0.255 e. The molecule has 0 saturated carbocycles. The minimum atomic E-state index is 0.951. The van der Waals surface area contributed by atoms with Crippen LogP contribution in [-0.4, -0.2) is 20.4 Å². The fourth-order valence-corrected chi connectivity index (χ4v) is 2.77. The molecule has 4 rings (SSSR count). The molecule has 2 aromatic carbocycles. The van der Waals surface area contributed by atoms with Gasteiger partial charge in [-0.25, -0.2) is 0 Å². The number of aryl methyl sites for hydroxylation is 2. The molecule has 0 aliphatic rings. The first-order chi connectivity index (χ1) is 10.4. The molecule has 0 fully saturated rings. The van der Waals surface area contributed by atoms with Crippen molar-refractivity contribution in [3.63, 3.8) is 0 Å². The highest BCUT2D eigenvalue weighted by atomic mass is 15.3. The lowest BCUT2D eigenvalue weighted by Crippen LogP contribution is -1.97. The van der Waals surface area contributed by atoms with Crippen molar-refractivity contribution < 1.29 is 0 Å². The molecule has 1 N–H and O–H groups in total. The fourth-order valence-electron chi connectivity index (χ4n) is 2.77. The Morgan fingerprint density at radius 2 is 1.86 bits per heavy atom. The minimum Gasteiger partial charge on any atom is -0.255 e. The topological polar surface area (TPSA) is 54.5 Å². The van der Waals surface area contributed by atoms with Gasteiger partial charge in [0.1, 0.15) is 0 Å². The molecule has 0 unspecified atom stereocenters. The molecule has 102 valence electrons. The van der Waals surface area contributed by atoms with Gasteiger partial charge in [-0.2, -0.15) is 15.4 Å². The lowest BCUT2D eigenvalue weighted by atomic mass is 10.0. The van der Waals surface area contributed by atoms with Gasteiger partial charge in [0, 0.05) is 17.0 Å². The molecule has 2 aromatic heterocycles. The molecule has 0 spiro atoms. The van der Waals surface area contributed by atoms with Crippen LogP contribution in [0, 0.1) is 0 Å². The van der Waals surface area contributed by atoms with Gasteiger partial charge < -0.3 is 0 Å². The van der Waals surface area contributed by atoms with E-state index in [4.69, 9.17) is 0 Å². The molecule has 0 aliphatic heterocycles. The van der Waals surface area contributed by atoms with Crippen LogP contribution in [0.15, 0.2) is 54.9 Å².